The van der Waals surface area contributed by atoms with Crippen LogP contribution in [0.15, 0.2) is 34.9 Å². The molecule has 4 rings (SSSR count). The fourth-order valence-corrected chi connectivity index (χ4v) is 5.37. The number of hydrogen-bond acceptors (Lipinski definition) is 3. The zero-order valence-electron chi connectivity index (χ0n) is 15.2. The molecule has 2 aliphatic rings. The largest absolute Gasteiger partial charge is 0.470 e. The van der Waals surface area contributed by atoms with E-state index in [0.29, 0.717) is 22.4 Å². The second-order valence-electron chi connectivity index (χ2n) is 7.69. The lowest BCUT2D eigenvalue weighted by atomic mass is 9.84. The number of hydrogen-bond donors (Lipinski definition) is 1. The molecule has 2 aromatic rings. The maximum Gasteiger partial charge on any atom is 0.271 e. The summed E-state index contributed by atoms with van der Waals surface area (Å²) in [6.07, 6.45) is 7.04. The maximum absolute atomic E-state index is 12.5. The van der Waals surface area contributed by atoms with Crippen LogP contribution in [-0.4, -0.2) is 21.7 Å². The zero-order chi connectivity index (χ0) is 19.0. The van der Waals surface area contributed by atoms with Crippen LogP contribution in [0.5, 0.6) is 5.75 Å². The Labute approximate surface area is 172 Å². The molecule has 0 spiro atoms. The van der Waals surface area contributed by atoms with Crippen molar-refractivity contribution in [2.45, 2.75) is 45.4 Å². The first kappa shape index (κ1) is 18.8. The van der Waals surface area contributed by atoms with E-state index in [9.17, 15) is 4.79 Å². The third-order valence-electron chi connectivity index (χ3n) is 5.91. The van der Waals surface area contributed by atoms with Gasteiger partial charge < -0.3 is 10.1 Å². The number of rotatable bonds is 6. The number of aromatic nitrogens is 2. The highest BCUT2D eigenvalue weighted by atomic mass is 79.9. The number of nitrogens with zero attached hydrogens (tertiary/aromatic N) is 2. The van der Waals surface area contributed by atoms with Crippen LogP contribution < -0.4 is 10.1 Å². The van der Waals surface area contributed by atoms with Crippen molar-refractivity contribution in [1.82, 2.24) is 15.1 Å². The molecule has 1 amide bonds. The van der Waals surface area contributed by atoms with E-state index in [4.69, 9.17) is 16.3 Å². The number of ether oxygens (including phenoxy) is 1. The van der Waals surface area contributed by atoms with Gasteiger partial charge in [0.15, 0.2) is 6.73 Å². The van der Waals surface area contributed by atoms with Crippen molar-refractivity contribution in [2.75, 3.05) is 0 Å². The third kappa shape index (κ3) is 4.16. The monoisotopic (exact) mass is 451 g/mol. The molecule has 0 saturated heterocycles. The molecular formula is C20H23BrClN3O2. The molecular weight excluding hydrogens is 430 g/mol. The first-order valence-electron chi connectivity index (χ1n) is 9.42. The Morgan fingerprint density at radius 2 is 2.26 bits per heavy atom. The molecule has 2 saturated carbocycles. The fraction of sp³-hybridized carbons (Fsp3) is 0.500. The van der Waals surface area contributed by atoms with Gasteiger partial charge in [-0.25, -0.2) is 4.68 Å². The van der Waals surface area contributed by atoms with Crippen molar-refractivity contribution in [3.8, 4) is 5.75 Å². The van der Waals surface area contributed by atoms with Gasteiger partial charge in [-0.3, -0.25) is 4.79 Å². The number of fused-ring (bicyclic) bond motifs is 2. The number of amides is 1. The quantitative estimate of drug-likeness (QED) is 0.679. The minimum absolute atomic E-state index is 0.114. The lowest BCUT2D eigenvalue weighted by Crippen LogP contribution is -2.40. The zero-order valence-corrected chi connectivity index (χ0v) is 17.5. The van der Waals surface area contributed by atoms with Crippen molar-refractivity contribution in [2.24, 2.45) is 17.8 Å². The topological polar surface area (TPSA) is 56.2 Å². The lowest BCUT2D eigenvalue weighted by Gasteiger charge is -2.28. The van der Waals surface area contributed by atoms with E-state index < -0.39 is 0 Å². The molecule has 0 aliphatic heterocycles. The number of halogens is 2. The predicted octanol–water partition coefficient (Wildman–Crippen LogP) is 4.89. The summed E-state index contributed by atoms with van der Waals surface area (Å²) in [5.41, 5.74) is 0.420. The van der Waals surface area contributed by atoms with E-state index in [-0.39, 0.29) is 18.7 Å². The van der Waals surface area contributed by atoms with Gasteiger partial charge in [-0.1, -0.05) is 18.0 Å². The average molecular weight is 453 g/mol. The first-order chi connectivity index (χ1) is 13.0. The fourth-order valence-electron chi connectivity index (χ4n) is 4.58. The Hall–Kier alpha value is -1.53. The minimum atomic E-state index is -0.114. The van der Waals surface area contributed by atoms with Crippen LogP contribution in [-0.2, 0) is 6.73 Å². The molecule has 7 heteroatoms. The van der Waals surface area contributed by atoms with E-state index in [0.717, 1.165) is 16.3 Å². The van der Waals surface area contributed by atoms with E-state index in [1.165, 1.54) is 25.7 Å². The van der Waals surface area contributed by atoms with Gasteiger partial charge in [-0.05, 0) is 84.1 Å². The Bertz CT molecular complexity index is 840. The van der Waals surface area contributed by atoms with Gasteiger partial charge in [0.05, 0.1) is 4.47 Å². The number of benzene rings is 1. The third-order valence-corrected chi connectivity index (χ3v) is 6.77. The number of carbonyl (C=O) groups is 1. The molecule has 27 heavy (non-hydrogen) atoms. The van der Waals surface area contributed by atoms with Gasteiger partial charge in [0.25, 0.3) is 5.91 Å². The molecule has 1 heterocycles. The highest BCUT2D eigenvalue weighted by Crippen LogP contribution is 2.49. The summed E-state index contributed by atoms with van der Waals surface area (Å²) in [6, 6.07) is 7.25. The van der Waals surface area contributed by atoms with E-state index in [1.54, 1.807) is 35.1 Å². The summed E-state index contributed by atoms with van der Waals surface area (Å²) in [6.45, 7) is 2.34. The second-order valence-corrected chi connectivity index (χ2v) is 8.98. The smallest absolute Gasteiger partial charge is 0.271 e. The second kappa shape index (κ2) is 7.84. The molecule has 2 aliphatic carbocycles. The Morgan fingerprint density at radius 1 is 1.41 bits per heavy atom. The van der Waals surface area contributed by atoms with Crippen LogP contribution in [0.4, 0.5) is 0 Å². The average Bonchev–Trinajstić information content (AvgIpc) is 3.37. The van der Waals surface area contributed by atoms with E-state index >= 15 is 0 Å². The van der Waals surface area contributed by atoms with Gasteiger partial charge in [0.2, 0.25) is 0 Å². The van der Waals surface area contributed by atoms with Crippen LogP contribution in [0.3, 0.4) is 0 Å². The highest BCUT2D eigenvalue weighted by molar-refractivity contribution is 9.10. The Morgan fingerprint density at radius 3 is 2.96 bits per heavy atom. The summed E-state index contributed by atoms with van der Waals surface area (Å²) in [5, 5.41) is 8.12. The van der Waals surface area contributed by atoms with Gasteiger partial charge in [-0.2, -0.15) is 5.10 Å². The SMILES string of the molecule is CC(NC(=O)c1ccn(COc2ccc(Cl)cc2Br)n1)C1CC2CCC1C2. The normalized spacial score (nSPS) is 24.8. The molecule has 0 radical (unpaired) electrons. The van der Waals surface area contributed by atoms with Crippen LogP contribution in [0, 0.1) is 17.8 Å². The highest BCUT2D eigenvalue weighted by Gasteiger charge is 2.42. The van der Waals surface area contributed by atoms with E-state index in [1.807, 2.05) is 0 Å². The number of nitrogens with one attached hydrogen (secondary N) is 1. The minimum Gasteiger partial charge on any atom is -0.470 e. The molecule has 1 N–H and O–H groups in total. The summed E-state index contributed by atoms with van der Waals surface area (Å²) in [7, 11) is 0. The maximum atomic E-state index is 12.5. The van der Waals surface area contributed by atoms with Crippen LogP contribution >= 0.6 is 27.5 Å². The van der Waals surface area contributed by atoms with Gasteiger partial charge in [0, 0.05) is 17.3 Å². The summed E-state index contributed by atoms with van der Waals surface area (Å²) in [5.74, 6) is 2.83. The van der Waals surface area contributed by atoms with Crippen molar-refractivity contribution < 1.29 is 9.53 Å². The molecule has 2 fully saturated rings. The van der Waals surface area contributed by atoms with Crippen molar-refractivity contribution in [1.29, 1.82) is 0 Å². The molecule has 4 unspecified atom stereocenters. The predicted molar refractivity (Wildman–Crippen MR) is 108 cm³/mol. The molecule has 144 valence electrons. The van der Waals surface area contributed by atoms with Gasteiger partial charge in [0.1, 0.15) is 11.4 Å². The molecule has 1 aromatic heterocycles. The van der Waals surface area contributed by atoms with Gasteiger partial charge in [-0.15, -0.1) is 0 Å². The summed E-state index contributed by atoms with van der Waals surface area (Å²) >= 11 is 9.35. The van der Waals surface area contributed by atoms with Crippen molar-refractivity contribution in [3.05, 3.63) is 45.7 Å². The van der Waals surface area contributed by atoms with Gasteiger partial charge >= 0.3 is 0 Å². The molecule has 2 bridgehead atoms. The molecule has 5 nitrogen and oxygen atoms in total. The Balaban J connectivity index is 1.32. The lowest BCUT2D eigenvalue weighted by molar-refractivity contribution is 0.0908. The summed E-state index contributed by atoms with van der Waals surface area (Å²) < 4.78 is 8.12. The van der Waals surface area contributed by atoms with E-state index in [2.05, 4.69) is 33.3 Å². The van der Waals surface area contributed by atoms with Crippen molar-refractivity contribution >= 4 is 33.4 Å². The Kier molecular flexibility index (Phi) is 5.46. The van der Waals surface area contributed by atoms with Crippen LogP contribution in [0.25, 0.3) is 0 Å². The number of carbonyl (C=O) groups excluding carboxylic acids is 1. The summed E-state index contributed by atoms with van der Waals surface area (Å²) in [4.78, 5) is 12.5. The first-order valence-corrected chi connectivity index (χ1v) is 10.6. The van der Waals surface area contributed by atoms with Crippen LogP contribution in [0.1, 0.15) is 43.1 Å². The molecule has 1 aromatic carbocycles. The molecule has 4 atom stereocenters. The van der Waals surface area contributed by atoms with Crippen LogP contribution in [0.2, 0.25) is 5.02 Å². The standard InChI is InChI=1S/C20H23BrClN3O2/c1-12(16-9-13-2-3-14(16)8-13)23-20(26)18-6-7-25(24-18)11-27-19-5-4-15(22)10-17(19)21/h4-7,10,12-14,16H,2-3,8-9,11H2,1H3,(H,23,26). The van der Waals surface area contributed by atoms with Crippen molar-refractivity contribution in [3.63, 3.8) is 0 Å².